The zero-order valence-corrected chi connectivity index (χ0v) is 29.3. The van der Waals surface area contributed by atoms with Crippen molar-refractivity contribution in [1.29, 1.82) is 0 Å². The van der Waals surface area contributed by atoms with Crippen LogP contribution in [-0.4, -0.2) is 11.3 Å². The average Bonchev–Trinajstić information content (AvgIpc) is 3.85. The zero-order valence-electron chi connectivity index (χ0n) is 28.5. The quantitative estimate of drug-likeness (QED) is 0.144. The minimum Gasteiger partial charge on any atom is -0.367 e. The number of para-hydroxylation sites is 3. The number of aromatic nitrogens is 1. The van der Waals surface area contributed by atoms with Crippen molar-refractivity contribution in [3.05, 3.63) is 186 Å². The number of hydrogen-bond acceptors (Lipinski definition) is 2. The molecule has 5 heterocycles. The first kappa shape index (κ1) is 27.3. The van der Waals surface area contributed by atoms with Gasteiger partial charge in [-0.2, -0.15) is 0 Å². The third-order valence-electron chi connectivity index (χ3n) is 12.9. The highest BCUT2D eigenvalue weighted by molar-refractivity contribution is 7.26. The number of fused-ring (bicyclic) bond motifs is 20. The molecule has 242 valence electrons. The largest absolute Gasteiger partial charge is 0.367 e. The van der Waals surface area contributed by atoms with Crippen molar-refractivity contribution in [2.75, 3.05) is 4.90 Å². The first-order valence-corrected chi connectivity index (χ1v) is 19.4. The Bertz CT molecular complexity index is 3280. The highest BCUT2D eigenvalue weighted by Gasteiger charge is 2.55. The van der Waals surface area contributed by atoms with Gasteiger partial charge in [0.15, 0.2) is 0 Å². The topological polar surface area (TPSA) is 8.17 Å². The van der Waals surface area contributed by atoms with E-state index in [9.17, 15) is 0 Å². The molecule has 0 fully saturated rings. The standard InChI is InChI=1S/C49H27BN2S/c1-2-14-29-28(13-1)27-35-32-18-11-19-34-43-33-17-5-10-26-42(33)53-48(43)52(45(32)34)50-40-24-12-23-39-47(40)51(46(29)44(35)50)41-25-9-8-22-38(41)49(39)36-20-6-3-15-30(36)31-16-4-7-21-37(31)49/h1-27H. The summed E-state index contributed by atoms with van der Waals surface area (Å²) in [5, 5.41) is 6.66. The molecule has 0 saturated heterocycles. The van der Waals surface area contributed by atoms with E-state index in [0.717, 1.165) is 0 Å². The molecule has 10 aromatic rings. The van der Waals surface area contributed by atoms with Crippen molar-refractivity contribution in [2.45, 2.75) is 5.41 Å². The summed E-state index contributed by atoms with van der Waals surface area (Å²) in [5.74, 6) is 0. The maximum absolute atomic E-state index is 2.74. The van der Waals surface area contributed by atoms with Gasteiger partial charge in [-0.3, -0.25) is 0 Å². The fourth-order valence-corrected chi connectivity index (χ4v) is 12.4. The maximum Gasteiger partial charge on any atom is 0.333 e. The molecule has 2 aromatic heterocycles. The van der Waals surface area contributed by atoms with Crippen LogP contribution < -0.4 is 15.8 Å². The third-order valence-corrected chi connectivity index (χ3v) is 14.1. The zero-order chi connectivity index (χ0) is 34.2. The van der Waals surface area contributed by atoms with Gasteiger partial charge in [-0.25, -0.2) is 0 Å². The summed E-state index contributed by atoms with van der Waals surface area (Å²) in [6.07, 6.45) is 0. The fraction of sp³-hybridized carbons (Fsp3) is 0.0204. The molecule has 4 heteroatoms. The summed E-state index contributed by atoms with van der Waals surface area (Å²) in [6, 6.07) is 62.3. The second-order valence-corrected chi connectivity index (χ2v) is 16.1. The van der Waals surface area contributed by atoms with Crippen LogP contribution in [-0.2, 0) is 5.41 Å². The average molecular weight is 687 g/mol. The van der Waals surface area contributed by atoms with Crippen LogP contribution in [0.25, 0.3) is 64.2 Å². The van der Waals surface area contributed by atoms with Crippen molar-refractivity contribution < 1.29 is 0 Å². The number of anilines is 3. The van der Waals surface area contributed by atoms with Gasteiger partial charge in [-0.05, 0) is 73.5 Å². The first-order chi connectivity index (χ1) is 26.3. The van der Waals surface area contributed by atoms with Crippen LogP contribution in [0.4, 0.5) is 17.1 Å². The van der Waals surface area contributed by atoms with E-state index in [1.54, 1.807) is 0 Å². The number of thiophene rings is 1. The molecule has 4 aliphatic rings. The Labute approximate surface area is 309 Å². The molecule has 0 bridgehead atoms. The molecule has 0 unspecified atom stereocenters. The summed E-state index contributed by atoms with van der Waals surface area (Å²) in [7, 11) is 0. The lowest BCUT2D eigenvalue weighted by atomic mass is 9.43. The summed E-state index contributed by atoms with van der Waals surface area (Å²) in [5.41, 5.74) is 18.4. The van der Waals surface area contributed by atoms with Gasteiger partial charge in [0.2, 0.25) is 0 Å². The van der Waals surface area contributed by atoms with Gasteiger partial charge in [-0.1, -0.05) is 146 Å². The van der Waals surface area contributed by atoms with Crippen LogP contribution in [0.5, 0.6) is 0 Å². The molecule has 14 rings (SSSR count). The van der Waals surface area contributed by atoms with Crippen LogP contribution >= 0.6 is 11.3 Å². The van der Waals surface area contributed by atoms with E-state index < -0.39 is 5.41 Å². The van der Waals surface area contributed by atoms with Gasteiger partial charge < -0.3 is 9.38 Å². The normalized spacial score (nSPS) is 14.9. The van der Waals surface area contributed by atoms with Crippen molar-refractivity contribution in [3.63, 3.8) is 0 Å². The smallest absolute Gasteiger partial charge is 0.333 e. The predicted molar refractivity (Wildman–Crippen MR) is 224 cm³/mol. The van der Waals surface area contributed by atoms with Gasteiger partial charge >= 0.3 is 6.85 Å². The third kappa shape index (κ3) is 2.92. The van der Waals surface area contributed by atoms with E-state index in [2.05, 4.69) is 173 Å². The van der Waals surface area contributed by atoms with E-state index in [0.29, 0.717) is 0 Å². The Morgan fingerprint density at radius 2 is 1.13 bits per heavy atom. The van der Waals surface area contributed by atoms with Crippen molar-refractivity contribution >= 4 is 88.2 Å². The van der Waals surface area contributed by atoms with Gasteiger partial charge in [0.25, 0.3) is 0 Å². The second-order valence-electron chi connectivity index (χ2n) is 15.1. The monoisotopic (exact) mass is 686 g/mol. The molecule has 0 atom stereocenters. The lowest BCUT2D eigenvalue weighted by molar-refractivity contribution is 0.754. The fourth-order valence-electron chi connectivity index (χ4n) is 11.2. The Morgan fingerprint density at radius 3 is 1.98 bits per heavy atom. The highest BCUT2D eigenvalue weighted by atomic mass is 32.1. The molecule has 53 heavy (non-hydrogen) atoms. The summed E-state index contributed by atoms with van der Waals surface area (Å²) in [4.78, 5) is 4.03. The molecular weight excluding hydrogens is 659 g/mol. The van der Waals surface area contributed by atoms with Crippen LogP contribution in [0.3, 0.4) is 0 Å². The number of hydrogen-bond donors (Lipinski definition) is 0. The molecule has 1 spiro atoms. The summed E-state index contributed by atoms with van der Waals surface area (Å²) >= 11 is 1.95. The Kier molecular flexibility index (Phi) is 4.72. The molecule has 0 saturated carbocycles. The molecule has 0 N–H and O–H groups in total. The Morgan fingerprint density at radius 1 is 0.491 bits per heavy atom. The molecule has 1 aliphatic carbocycles. The first-order valence-electron chi connectivity index (χ1n) is 18.6. The van der Waals surface area contributed by atoms with Gasteiger partial charge in [0.05, 0.1) is 21.6 Å². The lowest BCUT2D eigenvalue weighted by Gasteiger charge is -2.50. The minimum absolute atomic E-state index is 0.00738. The molecular formula is C49H27BN2S. The lowest BCUT2D eigenvalue weighted by Crippen LogP contribution is -2.58. The van der Waals surface area contributed by atoms with Gasteiger partial charge in [0.1, 0.15) is 0 Å². The van der Waals surface area contributed by atoms with Crippen LogP contribution in [0.2, 0.25) is 0 Å². The maximum atomic E-state index is 2.74. The van der Waals surface area contributed by atoms with E-state index >= 15 is 0 Å². The van der Waals surface area contributed by atoms with Crippen molar-refractivity contribution in [1.82, 2.24) is 4.48 Å². The SMILES string of the molecule is c1ccc2c(c1)-c1ccccc1C21c2ccccc2N2c3c(cccc31)B1c3c(cc4ccccc4c32)-c2cccc3c4c5ccccc5sc4n1c23. The second kappa shape index (κ2) is 9.16. The summed E-state index contributed by atoms with van der Waals surface area (Å²) in [6.45, 7) is 0.00738. The van der Waals surface area contributed by atoms with E-state index in [4.69, 9.17) is 0 Å². The molecule has 8 aromatic carbocycles. The van der Waals surface area contributed by atoms with Crippen molar-refractivity contribution in [3.8, 4) is 22.3 Å². The Hall–Kier alpha value is -6.36. The van der Waals surface area contributed by atoms with E-state index in [-0.39, 0.29) is 6.85 Å². The molecule has 0 radical (unpaired) electrons. The number of benzene rings is 8. The van der Waals surface area contributed by atoms with Gasteiger partial charge in [-0.15, -0.1) is 11.3 Å². The minimum atomic E-state index is -0.456. The number of rotatable bonds is 0. The Balaban J connectivity index is 1.23. The molecule has 3 aliphatic heterocycles. The summed E-state index contributed by atoms with van der Waals surface area (Å²) < 4.78 is 4.08. The number of nitrogens with zero attached hydrogens (tertiary/aromatic N) is 2. The highest BCUT2D eigenvalue weighted by Crippen LogP contribution is 2.64. The van der Waals surface area contributed by atoms with Crippen LogP contribution in [0.1, 0.15) is 22.3 Å². The van der Waals surface area contributed by atoms with Crippen LogP contribution in [0.15, 0.2) is 164 Å². The predicted octanol–water partition coefficient (Wildman–Crippen LogP) is 11.3. The van der Waals surface area contributed by atoms with E-state index in [1.807, 2.05) is 11.3 Å². The molecule has 2 nitrogen and oxygen atoms in total. The van der Waals surface area contributed by atoms with E-state index in [1.165, 1.54) is 114 Å². The van der Waals surface area contributed by atoms with Gasteiger partial charge in [0, 0.05) is 43.0 Å². The molecule has 0 amide bonds. The van der Waals surface area contributed by atoms with Crippen molar-refractivity contribution in [2.24, 2.45) is 0 Å². The van der Waals surface area contributed by atoms with Crippen LogP contribution in [0, 0.1) is 0 Å².